The first-order valence-corrected chi connectivity index (χ1v) is 12.0. The van der Waals surface area contributed by atoms with E-state index in [-0.39, 0.29) is 11.4 Å². The summed E-state index contributed by atoms with van der Waals surface area (Å²) in [5, 5.41) is 2.71. The van der Waals surface area contributed by atoms with Gasteiger partial charge in [-0.1, -0.05) is 30.3 Å². The number of hydrogen-bond acceptors (Lipinski definition) is 6. The van der Waals surface area contributed by atoms with Crippen molar-refractivity contribution < 1.29 is 20.7 Å². The van der Waals surface area contributed by atoms with Gasteiger partial charge in [-0.05, 0) is 36.2 Å². The van der Waals surface area contributed by atoms with Crippen LogP contribution in [0.2, 0.25) is 0 Å². The first-order chi connectivity index (χ1) is 13.2. The highest BCUT2D eigenvalue weighted by Gasteiger charge is 2.17. The monoisotopic (exact) mass is 440 g/mol. The molecule has 0 amide bonds. The van der Waals surface area contributed by atoms with E-state index in [1.54, 1.807) is 5.38 Å². The van der Waals surface area contributed by atoms with Crippen molar-refractivity contribution in [3.63, 3.8) is 0 Å². The highest BCUT2D eigenvalue weighted by molar-refractivity contribution is 7.89. The van der Waals surface area contributed by atoms with Crippen molar-refractivity contribution >= 4 is 31.6 Å². The van der Waals surface area contributed by atoms with Crippen molar-refractivity contribution in [3.05, 3.63) is 76.2 Å². The molecule has 0 spiro atoms. The summed E-state index contributed by atoms with van der Waals surface area (Å²) in [6.07, 6.45) is 1.62. The van der Waals surface area contributed by atoms with Gasteiger partial charge in [0.2, 0.25) is 10.0 Å². The Morgan fingerprint density at radius 2 is 1.54 bits per heavy atom. The van der Waals surface area contributed by atoms with Crippen LogP contribution in [0.4, 0.5) is 3.89 Å². The van der Waals surface area contributed by atoms with Crippen LogP contribution in [0.15, 0.2) is 69.8 Å². The summed E-state index contributed by atoms with van der Waals surface area (Å²) in [6, 6.07) is 13.9. The molecule has 3 aromatic rings. The lowest BCUT2D eigenvalue weighted by molar-refractivity contribution is 0.551. The number of hydrogen-bond donors (Lipinski definition) is 1. The molecule has 0 saturated carbocycles. The summed E-state index contributed by atoms with van der Waals surface area (Å²) in [5.41, 5.74) is 1.80. The fraction of sp³-hybridized carbons (Fsp3) is 0.167. The third-order valence-corrected chi connectivity index (χ3v) is 7.14. The van der Waals surface area contributed by atoms with E-state index in [2.05, 4.69) is 9.71 Å². The molecule has 0 unspecified atom stereocenters. The van der Waals surface area contributed by atoms with E-state index >= 15 is 0 Å². The molecule has 0 atom stereocenters. The van der Waals surface area contributed by atoms with Crippen molar-refractivity contribution in [1.29, 1.82) is 0 Å². The van der Waals surface area contributed by atoms with Gasteiger partial charge in [0.25, 0.3) is 0 Å². The van der Waals surface area contributed by atoms with Crippen LogP contribution in [-0.2, 0) is 39.6 Å². The van der Waals surface area contributed by atoms with Crippen LogP contribution in [0.5, 0.6) is 0 Å². The zero-order valence-electron chi connectivity index (χ0n) is 14.6. The van der Waals surface area contributed by atoms with Gasteiger partial charge in [-0.3, -0.25) is 0 Å². The second kappa shape index (κ2) is 8.48. The quantitative estimate of drug-likeness (QED) is 0.544. The third kappa shape index (κ3) is 5.44. The number of nitrogens with one attached hydrogen (secondary N) is 1. The summed E-state index contributed by atoms with van der Waals surface area (Å²) in [6.45, 7) is 0.00727. The van der Waals surface area contributed by atoms with Gasteiger partial charge in [0, 0.05) is 11.8 Å². The number of rotatable bonds is 8. The van der Waals surface area contributed by atoms with Crippen LogP contribution in [-0.4, -0.2) is 21.8 Å². The predicted molar refractivity (Wildman–Crippen MR) is 105 cm³/mol. The van der Waals surface area contributed by atoms with Crippen molar-refractivity contribution in [2.75, 3.05) is 0 Å². The van der Waals surface area contributed by atoms with Gasteiger partial charge in [0.05, 0.1) is 27.0 Å². The molecule has 0 aliphatic heterocycles. The summed E-state index contributed by atoms with van der Waals surface area (Å²) < 4.78 is 61.5. The third-order valence-electron chi connectivity index (χ3n) is 3.93. The van der Waals surface area contributed by atoms with Crippen LogP contribution in [0.3, 0.4) is 0 Å². The van der Waals surface area contributed by atoms with Crippen LogP contribution < -0.4 is 4.72 Å². The molecular weight excluding hydrogens is 423 g/mol. The van der Waals surface area contributed by atoms with Gasteiger partial charge in [-0.25, -0.2) is 18.1 Å². The number of thiazole rings is 1. The summed E-state index contributed by atoms with van der Waals surface area (Å²) in [7, 11) is -8.74. The van der Waals surface area contributed by atoms with E-state index < -0.39 is 25.1 Å². The van der Waals surface area contributed by atoms with Gasteiger partial charge >= 0.3 is 10.2 Å². The van der Waals surface area contributed by atoms with Gasteiger partial charge < -0.3 is 0 Å². The minimum Gasteiger partial charge on any atom is -0.245 e. The molecule has 1 heterocycles. The maximum Gasteiger partial charge on any atom is 0.332 e. The topological polar surface area (TPSA) is 93.2 Å². The molecule has 0 aliphatic rings. The largest absolute Gasteiger partial charge is 0.332 e. The molecule has 10 heteroatoms. The number of sulfonamides is 1. The fourth-order valence-electron chi connectivity index (χ4n) is 2.47. The van der Waals surface area contributed by atoms with Gasteiger partial charge in [0.15, 0.2) is 0 Å². The lowest BCUT2D eigenvalue weighted by Crippen LogP contribution is -2.23. The SMILES string of the molecule is O=S(=O)(F)c1ccc(S(=O)(=O)NCc2csc(CCc3ccccc3)n2)cc1. The first-order valence-electron chi connectivity index (χ1n) is 8.26. The molecule has 2 aromatic carbocycles. The Labute approximate surface area is 167 Å². The lowest BCUT2D eigenvalue weighted by atomic mass is 10.1. The Hall–Kier alpha value is -2.14. The second-order valence-corrected chi connectivity index (χ2v) is 10.0. The Kier molecular flexibility index (Phi) is 6.23. The van der Waals surface area contributed by atoms with E-state index in [0.717, 1.165) is 42.1 Å². The van der Waals surface area contributed by atoms with Crippen molar-refractivity contribution in [2.45, 2.75) is 29.2 Å². The molecule has 3 rings (SSSR count). The standard InChI is InChI=1S/C18H17FN2O4S3/c19-27(22,23)16-7-9-17(10-8-16)28(24,25)20-12-15-13-26-18(21-15)11-6-14-4-2-1-3-5-14/h1-5,7-10,13,20H,6,11-12H2. The minimum atomic E-state index is -4.87. The van der Waals surface area contributed by atoms with E-state index in [1.165, 1.54) is 16.9 Å². The van der Waals surface area contributed by atoms with Crippen LogP contribution >= 0.6 is 11.3 Å². The summed E-state index contributed by atoms with van der Waals surface area (Å²) >= 11 is 1.47. The zero-order valence-corrected chi connectivity index (χ0v) is 17.0. The van der Waals surface area contributed by atoms with Gasteiger partial charge in [-0.15, -0.1) is 15.2 Å². The Morgan fingerprint density at radius 3 is 2.18 bits per heavy atom. The van der Waals surface area contributed by atoms with Crippen molar-refractivity contribution in [1.82, 2.24) is 9.71 Å². The smallest absolute Gasteiger partial charge is 0.245 e. The van der Waals surface area contributed by atoms with Crippen LogP contribution in [0.1, 0.15) is 16.3 Å². The molecule has 28 heavy (non-hydrogen) atoms. The lowest BCUT2D eigenvalue weighted by Gasteiger charge is -2.05. The van der Waals surface area contributed by atoms with Crippen LogP contribution in [0, 0.1) is 0 Å². The average Bonchev–Trinajstić information content (AvgIpc) is 3.13. The molecular formula is C18H17FN2O4S3. The highest BCUT2D eigenvalue weighted by atomic mass is 32.3. The molecule has 0 bridgehead atoms. The Balaban J connectivity index is 1.59. The molecule has 0 radical (unpaired) electrons. The fourth-order valence-corrected chi connectivity index (χ4v) is 4.73. The van der Waals surface area contributed by atoms with E-state index in [9.17, 15) is 20.7 Å². The Morgan fingerprint density at radius 1 is 0.893 bits per heavy atom. The average molecular weight is 441 g/mol. The second-order valence-electron chi connectivity index (χ2n) is 5.95. The maximum atomic E-state index is 12.9. The number of aromatic nitrogens is 1. The predicted octanol–water partition coefficient (Wildman–Crippen LogP) is 3.07. The molecule has 148 valence electrons. The van der Waals surface area contributed by atoms with Gasteiger partial charge in [-0.2, -0.15) is 8.42 Å². The maximum absolute atomic E-state index is 12.9. The number of halogens is 1. The Bertz CT molecular complexity index is 1140. The van der Waals surface area contributed by atoms with Crippen molar-refractivity contribution in [3.8, 4) is 0 Å². The zero-order chi connectivity index (χ0) is 20.2. The van der Waals surface area contributed by atoms with E-state index in [4.69, 9.17) is 0 Å². The summed E-state index contributed by atoms with van der Waals surface area (Å²) in [5.74, 6) is 0. The molecule has 0 aliphatic carbocycles. The van der Waals surface area contributed by atoms with Crippen LogP contribution in [0.25, 0.3) is 0 Å². The van der Waals surface area contributed by atoms with Gasteiger partial charge in [0.1, 0.15) is 0 Å². The number of benzene rings is 2. The number of aryl methyl sites for hydroxylation is 2. The normalized spacial score (nSPS) is 12.2. The minimum absolute atomic E-state index is 0.00727. The van der Waals surface area contributed by atoms with E-state index in [0.29, 0.717) is 5.69 Å². The molecule has 0 fully saturated rings. The number of nitrogens with zero attached hydrogens (tertiary/aromatic N) is 1. The molecule has 6 nitrogen and oxygen atoms in total. The summed E-state index contributed by atoms with van der Waals surface area (Å²) in [4.78, 5) is 3.69. The molecule has 0 saturated heterocycles. The molecule has 1 aromatic heterocycles. The van der Waals surface area contributed by atoms with Crippen molar-refractivity contribution in [2.24, 2.45) is 0 Å². The molecule has 1 N–H and O–H groups in total. The first kappa shape index (κ1) is 20.6. The van der Waals surface area contributed by atoms with E-state index in [1.807, 2.05) is 30.3 Å². The highest BCUT2D eigenvalue weighted by Crippen LogP contribution is 2.17.